The summed E-state index contributed by atoms with van der Waals surface area (Å²) in [4.78, 5) is 0. The summed E-state index contributed by atoms with van der Waals surface area (Å²) >= 11 is 4.13. The van der Waals surface area contributed by atoms with Crippen LogP contribution in [0.25, 0.3) is 6.08 Å². The van der Waals surface area contributed by atoms with E-state index in [9.17, 15) is 0 Å². The van der Waals surface area contributed by atoms with Crippen LogP contribution in [0.15, 0.2) is 30.3 Å². The van der Waals surface area contributed by atoms with Crippen molar-refractivity contribution < 1.29 is 0 Å². The van der Waals surface area contributed by atoms with Crippen molar-refractivity contribution in [3.05, 3.63) is 41.5 Å². The van der Waals surface area contributed by atoms with Gasteiger partial charge < -0.3 is 5.73 Å². The van der Waals surface area contributed by atoms with Crippen LogP contribution in [-0.2, 0) is 6.54 Å². The zero-order valence-electron chi connectivity index (χ0n) is 7.61. The number of benzene rings is 1. The van der Waals surface area contributed by atoms with Crippen molar-refractivity contribution >= 4 is 18.7 Å². The number of nitrogens with two attached hydrogens (primary N) is 1. The summed E-state index contributed by atoms with van der Waals surface area (Å²) in [6.07, 6.45) is 5.25. The zero-order valence-corrected chi connectivity index (χ0v) is 8.50. The van der Waals surface area contributed by atoms with E-state index < -0.39 is 0 Å². The van der Waals surface area contributed by atoms with E-state index in [4.69, 9.17) is 5.73 Å². The van der Waals surface area contributed by atoms with E-state index in [2.05, 4.69) is 49.0 Å². The van der Waals surface area contributed by atoms with E-state index in [-0.39, 0.29) is 0 Å². The van der Waals surface area contributed by atoms with Gasteiger partial charge in [-0.25, -0.2) is 0 Å². The van der Waals surface area contributed by atoms with Crippen molar-refractivity contribution in [2.75, 3.05) is 5.75 Å². The highest BCUT2D eigenvalue weighted by atomic mass is 32.1. The second-order valence-electron chi connectivity index (χ2n) is 2.86. The standard InChI is InChI=1S/C11H15NS/c12-9-11-6-4-10(5-7-11)3-1-2-8-13/h1,3-7,13H,2,8-9,12H2. The molecule has 70 valence electrons. The molecular weight excluding hydrogens is 178 g/mol. The molecule has 0 saturated carbocycles. The second-order valence-corrected chi connectivity index (χ2v) is 3.31. The molecule has 0 aliphatic rings. The summed E-state index contributed by atoms with van der Waals surface area (Å²) in [6.45, 7) is 0.612. The molecule has 0 bridgehead atoms. The molecule has 1 aromatic rings. The lowest BCUT2D eigenvalue weighted by atomic mass is 10.1. The van der Waals surface area contributed by atoms with Crippen LogP contribution in [0.3, 0.4) is 0 Å². The molecule has 0 heterocycles. The molecule has 13 heavy (non-hydrogen) atoms. The van der Waals surface area contributed by atoms with Crippen LogP contribution < -0.4 is 5.73 Å². The summed E-state index contributed by atoms with van der Waals surface area (Å²) in [5.74, 6) is 0.900. The van der Waals surface area contributed by atoms with Crippen LogP contribution in [0.5, 0.6) is 0 Å². The molecule has 0 atom stereocenters. The minimum absolute atomic E-state index is 0.612. The first kappa shape index (κ1) is 10.4. The minimum Gasteiger partial charge on any atom is -0.326 e. The van der Waals surface area contributed by atoms with Crippen molar-refractivity contribution in [1.29, 1.82) is 0 Å². The fraction of sp³-hybridized carbons (Fsp3) is 0.273. The van der Waals surface area contributed by atoms with Crippen molar-refractivity contribution in [1.82, 2.24) is 0 Å². The molecule has 0 spiro atoms. The Labute approximate surface area is 85.1 Å². The number of rotatable bonds is 4. The van der Waals surface area contributed by atoms with Gasteiger partial charge in [0, 0.05) is 6.54 Å². The van der Waals surface area contributed by atoms with Gasteiger partial charge in [0.1, 0.15) is 0 Å². The van der Waals surface area contributed by atoms with Crippen molar-refractivity contribution in [3.8, 4) is 0 Å². The molecule has 0 aliphatic heterocycles. The molecule has 0 amide bonds. The van der Waals surface area contributed by atoms with Gasteiger partial charge in [0.25, 0.3) is 0 Å². The third kappa shape index (κ3) is 3.66. The molecule has 0 saturated heterocycles. The van der Waals surface area contributed by atoms with Gasteiger partial charge in [-0.05, 0) is 23.3 Å². The summed E-state index contributed by atoms with van der Waals surface area (Å²) < 4.78 is 0. The molecule has 2 N–H and O–H groups in total. The van der Waals surface area contributed by atoms with Crippen LogP contribution >= 0.6 is 12.6 Å². The van der Waals surface area contributed by atoms with Crippen LogP contribution in [-0.4, -0.2) is 5.75 Å². The summed E-state index contributed by atoms with van der Waals surface area (Å²) in [5, 5.41) is 0. The van der Waals surface area contributed by atoms with E-state index in [0.29, 0.717) is 6.54 Å². The molecule has 0 aromatic heterocycles. The van der Waals surface area contributed by atoms with E-state index in [0.717, 1.165) is 12.2 Å². The smallest absolute Gasteiger partial charge is 0.0178 e. The van der Waals surface area contributed by atoms with Crippen LogP contribution in [0.4, 0.5) is 0 Å². The quantitative estimate of drug-likeness (QED) is 0.706. The highest BCUT2D eigenvalue weighted by Gasteiger charge is 1.88. The van der Waals surface area contributed by atoms with Crippen LogP contribution in [0.1, 0.15) is 17.5 Å². The maximum atomic E-state index is 5.49. The summed E-state index contributed by atoms with van der Waals surface area (Å²) in [5.41, 5.74) is 7.89. The topological polar surface area (TPSA) is 26.0 Å². The van der Waals surface area contributed by atoms with Crippen molar-refractivity contribution in [3.63, 3.8) is 0 Å². The van der Waals surface area contributed by atoms with Crippen molar-refractivity contribution in [2.45, 2.75) is 13.0 Å². The zero-order chi connectivity index (χ0) is 9.52. The maximum Gasteiger partial charge on any atom is 0.0178 e. The predicted octanol–water partition coefficient (Wildman–Crippen LogP) is 2.48. The number of hydrogen-bond acceptors (Lipinski definition) is 2. The van der Waals surface area contributed by atoms with Gasteiger partial charge in [-0.1, -0.05) is 36.4 Å². The molecule has 2 heteroatoms. The van der Waals surface area contributed by atoms with Crippen LogP contribution in [0.2, 0.25) is 0 Å². The Bertz CT molecular complexity index is 264. The van der Waals surface area contributed by atoms with Crippen molar-refractivity contribution in [2.24, 2.45) is 5.73 Å². The molecule has 0 unspecified atom stereocenters. The number of thiol groups is 1. The molecule has 1 rings (SSSR count). The third-order valence-corrected chi connectivity index (χ3v) is 2.08. The first-order valence-corrected chi connectivity index (χ1v) is 5.06. The van der Waals surface area contributed by atoms with Gasteiger partial charge in [0.2, 0.25) is 0 Å². The Morgan fingerprint density at radius 1 is 1.23 bits per heavy atom. The molecule has 1 nitrogen and oxygen atoms in total. The highest BCUT2D eigenvalue weighted by molar-refractivity contribution is 7.80. The Hall–Kier alpha value is -0.730. The Morgan fingerprint density at radius 3 is 2.46 bits per heavy atom. The first-order valence-electron chi connectivity index (χ1n) is 4.43. The van der Waals surface area contributed by atoms with Gasteiger partial charge in [0.05, 0.1) is 0 Å². The van der Waals surface area contributed by atoms with Gasteiger partial charge >= 0.3 is 0 Å². The normalized spacial score (nSPS) is 10.9. The molecule has 0 aliphatic carbocycles. The summed E-state index contributed by atoms with van der Waals surface area (Å²) in [6, 6.07) is 8.27. The maximum absolute atomic E-state index is 5.49. The van der Waals surface area contributed by atoms with E-state index in [1.165, 1.54) is 11.1 Å². The Balaban J connectivity index is 2.58. The SMILES string of the molecule is NCc1ccc(C=CCCS)cc1. The van der Waals surface area contributed by atoms with Crippen LogP contribution in [0, 0.1) is 0 Å². The van der Waals surface area contributed by atoms with Gasteiger partial charge in [-0.15, -0.1) is 0 Å². The van der Waals surface area contributed by atoms with Gasteiger partial charge in [-0.3, -0.25) is 0 Å². The second kappa shape index (κ2) is 5.84. The fourth-order valence-corrected chi connectivity index (χ4v) is 1.21. The molecule has 0 fully saturated rings. The van der Waals surface area contributed by atoms with Gasteiger partial charge in [0.15, 0.2) is 0 Å². The van der Waals surface area contributed by atoms with E-state index >= 15 is 0 Å². The lowest BCUT2D eigenvalue weighted by Crippen LogP contribution is -1.94. The largest absolute Gasteiger partial charge is 0.326 e. The molecule has 1 aromatic carbocycles. The lowest BCUT2D eigenvalue weighted by molar-refractivity contribution is 1.07. The lowest BCUT2D eigenvalue weighted by Gasteiger charge is -1.96. The monoisotopic (exact) mass is 193 g/mol. The molecule has 0 radical (unpaired) electrons. The number of allylic oxidation sites excluding steroid dienone is 1. The predicted molar refractivity (Wildman–Crippen MR) is 61.8 cm³/mol. The Kier molecular flexibility index (Phi) is 4.65. The highest BCUT2D eigenvalue weighted by Crippen LogP contribution is 2.06. The fourth-order valence-electron chi connectivity index (χ4n) is 1.06. The third-order valence-electron chi connectivity index (χ3n) is 1.82. The average Bonchev–Trinajstić information content (AvgIpc) is 2.19. The molecular formula is C11H15NS. The first-order chi connectivity index (χ1) is 6.36. The average molecular weight is 193 g/mol. The number of hydrogen-bond donors (Lipinski definition) is 2. The minimum atomic E-state index is 0.612. The van der Waals surface area contributed by atoms with Gasteiger partial charge in [-0.2, -0.15) is 12.6 Å². The Morgan fingerprint density at radius 2 is 1.92 bits per heavy atom. The summed E-state index contributed by atoms with van der Waals surface area (Å²) in [7, 11) is 0. The van der Waals surface area contributed by atoms with E-state index in [1.54, 1.807) is 0 Å². The van der Waals surface area contributed by atoms with E-state index in [1.807, 2.05) is 0 Å².